The first-order chi connectivity index (χ1) is 29.6. The number of carbonyl (C=O) groups is 8. The Morgan fingerprint density at radius 3 is 0.905 bits per heavy atom. The predicted octanol–water partition coefficient (Wildman–Crippen LogP) is -0.635. The molecule has 0 aromatic rings. The van der Waals surface area contributed by atoms with Crippen LogP contribution >= 0.6 is 0 Å². The lowest BCUT2D eigenvalue weighted by Crippen LogP contribution is -2.52. The average Bonchev–Trinajstić information content (AvgIpc) is 3.27. The van der Waals surface area contributed by atoms with Gasteiger partial charge in [0.1, 0.15) is 31.8 Å². The summed E-state index contributed by atoms with van der Waals surface area (Å²) < 4.78 is 19.8. The Hall–Kier alpha value is -6.56. The molecule has 0 rings (SSSR count). The maximum absolute atomic E-state index is 11.3. The molecule has 0 saturated carbocycles. The van der Waals surface area contributed by atoms with Gasteiger partial charge in [-0.2, -0.15) is 0 Å². The Kier molecular flexibility index (Phi) is 31.0. The number of esters is 4. The van der Waals surface area contributed by atoms with E-state index < -0.39 is 95.2 Å². The van der Waals surface area contributed by atoms with Gasteiger partial charge in [-0.25, -0.2) is 38.4 Å². The molecular formula is C41H56O22. The summed E-state index contributed by atoms with van der Waals surface area (Å²) in [4.78, 5) is 89.4. The van der Waals surface area contributed by atoms with E-state index in [1.54, 1.807) is 0 Å². The minimum absolute atomic E-state index is 0.156. The van der Waals surface area contributed by atoms with E-state index in [9.17, 15) is 53.7 Å². The SMILES string of the molecule is C=CC(=O)OCC(COC(=O)C=C)(COC(=O)C=C)COC(=O)C=C.CCC(CO)(CO)CO.O=C(O)C=CC(C=CC(=O)O)C(C=CC(=O)O)(C=CC(=O)O)C(CO)(CO)CO. The van der Waals surface area contributed by atoms with Gasteiger partial charge in [0.2, 0.25) is 0 Å². The van der Waals surface area contributed by atoms with Crippen molar-refractivity contribution in [1.29, 1.82) is 0 Å². The van der Waals surface area contributed by atoms with Gasteiger partial charge in [-0.1, -0.05) is 57.5 Å². The second-order valence-electron chi connectivity index (χ2n) is 13.0. The molecule has 22 heteroatoms. The number of rotatable bonds is 29. The van der Waals surface area contributed by atoms with Crippen molar-refractivity contribution in [2.75, 3.05) is 66.1 Å². The largest absolute Gasteiger partial charge is 0.478 e. The normalized spacial score (nSPS) is 12.9. The first-order valence-corrected chi connectivity index (χ1v) is 18.1. The Labute approximate surface area is 362 Å². The molecule has 0 saturated heterocycles. The molecule has 0 bridgehead atoms. The maximum Gasteiger partial charge on any atom is 0.330 e. The van der Waals surface area contributed by atoms with Gasteiger partial charge in [0.15, 0.2) is 0 Å². The first kappa shape index (κ1) is 60.7. The summed E-state index contributed by atoms with van der Waals surface area (Å²) in [7, 11) is 0. The quantitative estimate of drug-likeness (QED) is 0.0254. The van der Waals surface area contributed by atoms with Crippen LogP contribution < -0.4 is 0 Å². The number of carboxylic acid groups (broad SMARTS) is 4. The number of aliphatic carboxylic acids is 4. The van der Waals surface area contributed by atoms with Crippen LogP contribution in [0.1, 0.15) is 13.3 Å². The monoisotopic (exact) mass is 900 g/mol. The minimum atomic E-state index is -2.06. The predicted molar refractivity (Wildman–Crippen MR) is 218 cm³/mol. The number of ether oxygens (including phenoxy) is 4. The molecule has 0 aromatic heterocycles. The van der Waals surface area contributed by atoms with Gasteiger partial charge in [-0.05, 0) is 6.42 Å². The van der Waals surface area contributed by atoms with Crippen LogP contribution in [0, 0.1) is 27.6 Å². The lowest BCUT2D eigenvalue weighted by molar-refractivity contribution is -0.164. The zero-order valence-corrected chi connectivity index (χ0v) is 34.5. The zero-order chi connectivity index (χ0) is 49.3. The van der Waals surface area contributed by atoms with Gasteiger partial charge in [-0.15, -0.1) is 0 Å². The number of hydrogen-bond donors (Lipinski definition) is 10. The standard InChI is InChI=1S/C18H22O11.C17H20O8.C6H14O3/c19-9-17(10-20,11-21)18(7-5-15(26)27,8-6-16(28)29)12(1-3-13(22)23)2-4-14(24)25;1-5-13(18)22-9-17(10-23-14(19)6-2,11-24-15(20)7-3)12-25-16(21)8-4;1-2-6(3-7,4-8)5-9/h1-8,12,19-21H,9-11H2,(H,22,23)(H,24,25)(H,26,27)(H,28,29);5-8H,1-4,9-12H2;7-9H,2-5H2,1H3. The van der Waals surface area contributed by atoms with E-state index in [4.69, 9.17) is 54.7 Å². The van der Waals surface area contributed by atoms with E-state index in [-0.39, 0.29) is 46.2 Å². The lowest BCUT2D eigenvalue weighted by Gasteiger charge is -2.47. The molecule has 0 unspecified atom stereocenters. The summed E-state index contributed by atoms with van der Waals surface area (Å²) in [6, 6.07) is 0. The number of allylic oxidation sites excluding steroid dienone is 4. The van der Waals surface area contributed by atoms with Crippen molar-refractivity contribution in [1.82, 2.24) is 0 Å². The highest BCUT2D eigenvalue weighted by atomic mass is 16.6. The van der Waals surface area contributed by atoms with Gasteiger partial charge < -0.3 is 70.0 Å². The van der Waals surface area contributed by atoms with E-state index in [0.717, 1.165) is 48.6 Å². The summed E-state index contributed by atoms with van der Waals surface area (Å²) in [5, 5.41) is 91.5. The Morgan fingerprint density at radius 2 is 0.730 bits per heavy atom. The fourth-order valence-corrected chi connectivity index (χ4v) is 4.59. The van der Waals surface area contributed by atoms with Crippen LogP contribution in [0.15, 0.2) is 99.2 Å². The number of carboxylic acids is 4. The van der Waals surface area contributed by atoms with Gasteiger partial charge >= 0.3 is 47.8 Å². The number of carbonyl (C=O) groups excluding carboxylic acids is 4. The van der Waals surface area contributed by atoms with Gasteiger partial charge in [-0.3, -0.25) is 0 Å². The number of aliphatic hydroxyl groups is 6. The highest BCUT2D eigenvalue weighted by Crippen LogP contribution is 2.49. The molecular weight excluding hydrogens is 844 g/mol. The Balaban J connectivity index is -0.000000962. The van der Waals surface area contributed by atoms with Gasteiger partial charge in [0.25, 0.3) is 0 Å². The van der Waals surface area contributed by atoms with Crippen molar-refractivity contribution in [3.63, 3.8) is 0 Å². The third-order valence-corrected chi connectivity index (χ3v) is 8.78. The first-order valence-electron chi connectivity index (χ1n) is 18.1. The third-order valence-electron chi connectivity index (χ3n) is 8.78. The summed E-state index contributed by atoms with van der Waals surface area (Å²) in [5.74, 6) is -10.4. The fraction of sp³-hybridized carbons (Fsp3) is 0.415. The molecule has 0 spiro atoms. The smallest absolute Gasteiger partial charge is 0.330 e. The molecule has 10 N–H and O–H groups in total. The lowest BCUT2D eigenvalue weighted by atomic mass is 9.57. The molecule has 0 aromatic carbocycles. The van der Waals surface area contributed by atoms with Crippen molar-refractivity contribution < 1.29 is 108 Å². The molecule has 352 valence electrons. The van der Waals surface area contributed by atoms with Crippen LogP contribution in [0.2, 0.25) is 0 Å². The molecule has 0 atom stereocenters. The number of hydrogen-bond acceptors (Lipinski definition) is 18. The molecule has 0 amide bonds. The highest BCUT2D eigenvalue weighted by molar-refractivity contribution is 5.84. The van der Waals surface area contributed by atoms with Crippen molar-refractivity contribution >= 4 is 47.8 Å². The van der Waals surface area contributed by atoms with Crippen LogP contribution in [-0.2, 0) is 57.3 Å². The Bertz CT molecular complexity index is 1500. The van der Waals surface area contributed by atoms with Crippen molar-refractivity contribution in [3.05, 3.63) is 99.2 Å². The third kappa shape index (κ3) is 22.7. The zero-order valence-electron chi connectivity index (χ0n) is 34.5. The second-order valence-corrected chi connectivity index (χ2v) is 13.0. The average molecular weight is 901 g/mol. The molecule has 0 aliphatic rings. The summed E-state index contributed by atoms with van der Waals surface area (Å²) in [6.45, 7) is 9.87. The topological polar surface area (TPSA) is 376 Å². The van der Waals surface area contributed by atoms with Gasteiger partial charge in [0, 0.05) is 65.4 Å². The molecule has 0 aliphatic carbocycles. The summed E-state index contributed by atoms with van der Waals surface area (Å²) in [6.07, 6.45) is 10.1. The van der Waals surface area contributed by atoms with Crippen molar-refractivity contribution in [2.45, 2.75) is 13.3 Å². The molecule has 0 heterocycles. The van der Waals surface area contributed by atoms with Crippen LogP contribution in [0.25, 0.3) is 0 Å². The van der Waals surface area contributed by atoms with Crippen LogP contribution in [-0.4, -0.2) is 165 Å². The summed E-state index contributed by atoms with van der Waals surface area (Å²) in [5.41, 5.74) is -6.07. The Morgan fingerprint density at radius 1 is 0.460 bits per heavy atom. The molecule has 0 fully saturated rings. The molecule has 0 radical (unpaired) electrons. The minimum Gasteiger partial charge on any atom is -0.478 e. The van der Waals surface area contributed by atoms with E-state index in [2.05, 4.69) is 26.3 Å². The highest BCUT2D eigenvalue weighted by Gasteiger charge is 2.51. The van der Waals surface area contributed by atoms with E-state index in [1.807, 2.05) is 6.92 Å². The van der Waals surface area contributed by atoms with E-state index in [0.29, 0.717) is 30.7 Å². The van der Waals surface area contributed by atoms with Crippen molar-refractivity contribution in [2.24, 2.45) is 27.6 Å². The van der Waals surface area contributed by atoms with Crippen molar-refractivity contribution in [3.8, 4) is 0 Å². The molecule has 0 aliphatic heterocycles. The summed E-state index contributed by atoms with van der Waals surface area (Å²) >= 11 is 0. The van der Waals surface area contributed by atoms with Gasteiger partial charge in [0.05, 0.1) is 45.1 Å². The number of aliphatic hydroxyl groups excluding tert-OH is 6. The molecule has 63 heavy (non-hydrogen) atoms. The van der Waals surface area contributed by atoms with Crippen LogP contribution in [0.3, 0.4) is 0 Å². The van der Waals surface area contributed by atoms with E-state index >= 15 is 0 Å². The second kappa shape index (κ2) is 32.2. The fourth-order valence-electron chi connectivity index (χ4n) is 4.59. The molecule has 22 nitrogen and oxygen atoms in total. The van der Waals surface area contributed by atoms with E-state index in [1.165, 1.54) is 0 Å². The van der Waals surface area contributed by atoms with Crippen LogP contribution in [0.5, 0.6) is 0 Å². The maximum atomic E-state index is 11.3. The van der Waals surface area contributed by atoms with Crippen LogP contribution in [0.4, 0.5) is 0 Å².